The number of hydrogen-bond acceptors (Lipinski definition) is 3. The molecule has 0 aromatic heterocycles. The molecule has 1 aliphatic heterocycles. The lowest BCUT2D eigenvalue weighted by Gasteiger charge is -2.48. The standard InChI is InChI=1S/C18H30N2O/c1-4-16-14-20(18(3,5-2)15-19-16)12-9-13-21-17-10-7-6-8-11-17/h6-8,10-11,16,19H,4-5,9,12-15H2,1-3H3. The molecule has 2 atom stereocenters. The van der Waals surface area contributed by atoms with E-state index in [4.69, 9.17) is 4.74 Å². The molecule has 1 aromatic carbocycles. The van der Waals surface area contributed by atoms with E-state index < -0.39 is 0 Å². The maximum Gasteiger partial charge on any atom is 0.119 e. The molecule has 0 bridgehead atoms. The zero-order chi connectivity index (χ0) is 15.1. The Kier molecular flexibility index (Phi) is 6.07. The molecule has 3 nitrogen and oxygen atoms in total. The second kappa shape index (κ2) is 7.81. The Labute approximate surface area is 129 Å². The van der Waals surface area contributed by atoms with Crippen molar-refractivity contribution in [1.29, 1.82) is 0 Å². The molecule has 1 aromatic rings. The summed E-state index contributed by atoms with van der Waals surface area (Å²) in [5.41, 5.74) is 0.290. The summed E-state index contributed by atoms with van der Waals surface area (Å²) in [7, 11) is 0. The van der Waals surface area contributed by atoms with Gasteiger partial charge in [0.1, 0.15) is 5.75 Å². The van der Waals surface area contributed by atoms with Gasteiger partial charge in [-0.15, -0.1) is 0 Å². The molecule has 1 aliphatic rings. The van der Waals surface area contributed by atoms with E-state index in [0.29, 0.717) is 11.6 Å². The summed E-state index contributed by atoms with van der Waals surface area (Å²) in [6, 6.07) is 10.7. The highest BCUT2D eigenvalue weighted by Gasteiger charge is 2.35. The van der Waals surface area contributed by atoms with Crippen molar-refractivity contribution >= 4 is 0 Å². The number of rotatable bonds is 7. The van der Waals surface area contributed by atoms with E-state index in [2.05, 4.69) is 31.0 Å². The summed E-state index contributed by atoms with van der Waals surface area (Å²) in [6.45, 7) is 11.1. The fourth-order valence-electron chi connectivity index (χ4n) is 2.97. The van der Waals surface area contributed by atoms with E-state index in [1.807, 2.05) is 30.3 Å². The lowest BCUT2D eigenvalue weighted by Crippen LogP contribution is -2.63. The predicted octanol–water partition coefficient (Wildman–Crippen LogP) is 3.31. The van der Waals surface area contributed by atoms with E-state index >= 15 is 0 Å². The normalized spacial score (nSPS) is 26.7. The molecule has 0 saturated carbocycles. The number of para-hydroxylation sites is 1. The van der Waals surface area contributed by atoms with Crippen LogP contribution in [0.4, 0.5) is 0 Å². The van der Waals surface area contributed by atoms with Gasteiger partial charge in [-0.1, -0.05) is 32.0 Å². The zero-order valence-electron chi connectivity index (χ0n) is 13.8. The van der Waals surface area contributed by atoms with Crippen LogP contribution >= 0.6 is 0 Å². The number of nitrogens with one attached hydrogen (secondary N) is 1. The molecular weight excluding hydrogens is 260 g/mol. The van der Waals surface area contributed by atoms with Crippen molar-refractivity contribution in [2.75, 3.05) is 26.2 Å². The average molecular weight is 290 g/mol. The lowest BCUT2D eigenvalue weighted by atomic mass is 9.91. The molecule has 1 saturated heterocycles. The molecule has 118 valence electrons. The Morgan fingerprint density at radius 1 is 1.29 bits per heavy atom. The van der Waals surface area contributed by atoms with E-state index in [1.54, 1.807) is 0 Å². The summed E-state index contributed by atoms with van der Waals surface area (Å²) < 4.78 is 5.81. The van der Waals surface area contributed by atoms with Gasteiger partial charge < -0.3 is 10.1 Å². The maximum absolute atomic E-state index is 5.81. The van der Waals surface area contributed by atoms with Crippen molar-refractivity contribution < 1.29 is 4.74 Å². The highest BCUT2D eigenvalue weighted by Crippen LogP contribution is 2.23. The first-order valence-corrected chi connectivity index (χ1v) is 8.34. The zero-order valence-corrected chi connectivity index (χ0v) is 13.8. The topological polar surface area (TPSA) is 24.5 Å². The first-order chi connectivity index (χ1) is 10.2. The summed E-state index contributed by atoms with van der Waals surface area (Å²) in [6.07, 6.45) is 3.48. The van der Waals surface area contributed by atoms with Crippen molar-refractivity contribution in [3.63, 3.8) is 0 Å². The molecule has 1 N–H and O–H groups in total. The number of piperazine rings is 1. The van der Waals surface area contributed by atoms with Crippen LogP contribution in [0.2, 0.25) is 0 Å². The van der Waals surface area contributed by atoms with Gasteiger partial charge in [0.25, 0.3) is 0 Å². The lowest BCUT2D eigenvalue weighted by molar-refractivity contribution is 0.0438. The third kappa shape index (κ3) is 4.45. The largest absolute Gasteiger partial charge is 0.494 e. The third-order valence-corrected chi connectivity index (χ3v) is 4.81. The monoisotopic (exact) mass is 290 g/mol. The predicted molar refractivity (Wildman–Crippen MR) is 88.9 cm³/mol. The van der Waals surface area contributed by atoms with Gasteiger partial charge in [-0.2, -0.15) is 0 Å². The summed E-state index contributed by atoms with van der Waals surface area (Å²) in [5.74, 6) is 0.975. The summed E-state index contributed by atoms with van der Waals surface area (Å²) in [5, 5.41) is 3.68. The van der Waals surface area contributed by atoms with Gasteiger partial charge in [0.2, 0.25) is 0 Å². The van der Waals surface area contributed by atoms with Gasteiger partial charge in [0, 0.05) is 31.2 Å². The molecule has 0 spiro atoms. The second-order valence-corrected chi connectivity index (χ2v) is 6.30. The van der Waals surface area contributed by atoms with Crippen molar-refractivity contribution in [2.45, 2.75) is 51.6 Å². The summed E-state index contributed by atoms with van der Waals surface area (Å²) in [4.78, 5) is 2.66. The molecule has 1 heterocycles. The van der Waals surface area contributed by atoms with Crippen molar-refractivity contribution in [2.24, 2.45) is 0 Å². The van der Waals surface area contributed by atoms with Gasteiger partial charge in [-0.05, 0) is 38.3 Å². The van der Waals surface area contributed by atoms with Crippen LogP contribution in [0.25, 0.3) is 0 Å². The van der Waals surface area contributed by atoms with Gasteiger partial charge in [-0.25, -0.2) is 0 Å². The Hall–Kier alpha value is -1.06. The van der Waals surface area contributed by atoms with E-state index in [9.17, 15) is 0 Å². The minimum Gasteiger partial charge on any atom is -0.494 e. The van der Waals surface area contributed by atoms with E-state index in [0.717, 1.165) is 38.4 Å². The fraction of sp³-hybridized carbons (Fsp3) is 0.667. The number of benzene rings is 1. The first-order valence-electron chi connectivity index (χ1n) is 8.34. The molecule has 2 unspecified atom stereocenters. The maximum atomic E-state index is 5.81. The molecule has 0 amide bonds. The van der Waals surface area contributed by atoms with Crippen molar-refractivity contribution in [1.82, 2.24) is 10.2 Å². The van der Waals surface area contributed by atoms with Crippen molar-refractivity contribution in [3.8, 4) is 5.75 Å². The first kappa shape index (κ1) is 16.3. The third-order valence-electron chi connectivity index (χ3n) is 4.81. The van der Waals surface area contributed by atoms with Crippen LogP contribution in [0.3, 0.4) is 0 Å². The van der Waals surface area contributed by atoms with Crippen LogP contribution in [0.1, 0.15) is 40.0 Å². The van der Waals surface area contributed by atoms with Gasteiger partial charge in [0.05, 0.1) is 6.61 Å². The number of ether oxygens (including phenoxy) is 1. The Bertz CT molecular complexity index is 409. The Balaban J connectivity index is 1.79. The molecule has 3 heteroatoms. The Morgan fingerprint density at radius 2 is 2.05 bits per heavy atom. The average Bonchev–Trinajstić information content (AvgIpc) is 2.54. The van der Waals surface area contributed by atoms with Crippen LogP contribution < -0.4 is 10.1 Å². The fourth-order valence-corrected chi connectivity index (χ4v) is 2.97. The van der Waals surface area contributed by atoms with Crippen molar-refractivity contribution in [3.05, 3.63) is 30.3 Å². The van der Waals surface area contributed by atoms with Crippen LogP contribution in [0, 0.1) is 0 Å². The van der Waals surface area contributed by atoms with Gasteiger partial charge >= 0.3 is 0 Å². The number of nitrogens with zero attached hydrogens (tertiary/aromatic N) is 1. The highest BCUT2D eigenvalue weighted by atomic mass is 16.5. The quantitative estimate of drug-likeness (QED) is 0.780. The van der Waals surface area contributed by atoms with E-state index in [1.165, 1.54) is 12.8 Å². The van der Waals surface area contributed by atoms with Crippen LogP contribution in [0.15, 0.2) is 30.3 Å². The number of hydrogen-bond donors (Lipinski definition) is 1. The van der Waals surface area contributed by atoms with Crippen LogP contribution in [0.5, 0.6) is 5.75 Å². The molecule has 0 radical (unpaired) electrons. The molecule has 1 fully saturated rings. The second-order valence-electron chi connectivity index (χ2n) is 6.30. The minimum absolute atomic E-state index is 0.290. The minimum atomic E-state index is 0.290. The smallest absolute Gasteiger partial charge is 0.119 e. The highest BCUT2D eigenvalue weighted by molar-refractivity contribution is 5.20. The summed E-state index contributed by atoms with van der Waals surface area (Å²) >= 11 is 0. The Morgan fingerprint density at radius 3 is 2.71 bits per heavy atom. The SMILES string of the molecule is CCC1CN(CCCOc2ccccc2)C(C)(CC)CN1. The molecule has 0 aliphatic carbocycles. The molecule has 2 rings (SSSR count). The van der Waals surface area contributed by atoms with E-state index in [-0.39, 0.29) is 0 Å². The van der Waals surface area contributed by atoms with Crippen LogP contribution in [-0.4, -0.2) is 42.7 Å². The molecular formula is C18H30N2O. The molecule has 21 heavy (non-hydrogen) atoms. The van der Waals surface area contributed by atoms with Gasteiger partial charge in [0.15, 0.2) is 0 Å². The van der Waals surface area contributed by atoms with Gasteiger partial charge in [-0.3, -0.25) is 4.90 Å². The van der Waals surface area contributed by atoms with Crippen LogP contribution in [-0.2, 0) is 0 Å².